The maximum absolute atomic E-state index is 13.5. The van der Waals surface area contributed by atoms with Gasteiger partial charge in [-0.3, -0.25) is 14.9 Å². The van der Waals surface area contributed by atoms with Crippen molar-refractivity contribution in [1.82, 2.24) is 14.5 Å². The van der Waals surface area contributed by atoms with Crippen LogP contribution in [0.1, 0.15) is 6.42 Å². The van der Waals surface area contributed by atoms with E-state index in [-0.39, 0.29) is 10.5 Å². The summed E-state index contributed by atoms with van der Waals surface area (Å²) < 4.78 is 31.9. The van der Waals surface area contributed by atoms with E-state index in [1.165, 1.54) is 18.5 Å². The molecule has 0 aliphatic carbocycles. The molecule has 1 aromatic heterocycles. The van der Waals surface area contributed by atoms with Gasteiger partial charge in [0.05, 0.1) is 43.2 Å². The Kier molecular flexibility index (Phi) is 6.70. The summed E-state index contributed by atoms with van der Waals surface area (Å²) in [4.78, 5) is 6.78. The van der Waals surface area contributed by atoms with Gasteiger partial charge in [-0.1, -0.05) is 11.6 Å². The van der Waals surface area contributed by atoms with Crippen LogP contribution in [0.15, 0.2) is 36.7 Å². The van der Waals surface area contributed by atoms with Crippen LogP contribution >= 0.6 is 11.6 Å². The maximum Gasteiger partial charge on any atom is 0.162 e. The molecule has 0 amide bonds. The molecule has 1 aliphatic rings. The molecule has 0 unspecified atom stereocenters. The van der Waals surface area contributed by atoms with Crippen molar-refractivity contribution in [2.45, 2.75) is 6.42 Å². The zero-order chi connectivity index (χ0) is 21.8. The average molecular weight is 447 g/mol. The van der Waals surface area contributed by atoms with Crippen LogP contribution in [0.5, 0.6) is 11.5 Å². The van der Waals surface area contributed by atoms with Crippen LogP contribution in [0.25, 0.3) is 16.6 Å². The summed E-state index contributed by atoms with van der Waals surface area (Å²) in [6, 6.07) is 7.81. The van der Waals surface area contributed by atoms with E-state index in [0.29, 0.717) is 34.7 Å². The van der Waals surface area contributed by atoms with E-state index in [1.54, 1.807) is 29.9 Å². The van der Waals surface area contributed by atoms with Gasteiger partial charge in [0.15, 0.2) is 11.5 Å². The molecule has 1 saturated heterocycles. The standard InChI is InChI=1S/C22H24ClFN4O3/c1-29-20-13-19-16(12-21(20)31-8-2-5-27-6-9-30-10-7-27)22(25)28(14-26-19)15-3-4-18(24)17(23)11-15/h3-4,11-14,25H,2,5-10H2,1H3. The van der Waals surface area contributed by atoms with Gasteiger partial charge in [-0.05, 0) is 30.7 Å². The van der Waals surface area contributed by atoms with E-state index in [4.69, 9.17) is 31.2 Å². The van der Waals surface area contributed by atoms with Crippen molar-refractivity contribution in [2.24, 2.45) is 0 Å². The second-order valence-corrected chi connectivity index (χ2v) is 7.65. The predicted octanol–water partition coefficient (Wildman–Crippen LogP) is 3.41. The van der Waals surface area contributed by atoms with Gasteiger partial charge < -0.3 is 14.2 Å². The summed E-state index contributed by atoms with van der Waals surface area (Å²) in [5.74, 6) is 0.610. The van der Waals surface area contributed by atoms with Crippen molar-refractivity contribution in [2.75, 3.05) is 46.6 Å². The van der Waals surface area contributed by atoms with Crippen molar-refractivity contribution in [3.05, 3.63) is 53.0 Å². The lowest BCUT2D eigenvalue weighted by molar-refractivity contribution is 0.0357. The molecule has 0 atom stereocenters. The van der Waals surface area contributed by atoms with Gasteiger partial charge in [-0.25, -0.2) is 9.37 Å². The third kappa shape index (κ3) is 4.81. The van der Waals surface area contributed by atoms with E-state index in [1.807, 2.05) is 0 Å². The van der Waals surface area contributed by atoms with E-state index >= 15 is 0 Å². The van der Waals surface area contributed by atoms with E-state index in [9.17, 15) is 4.39 Å². The third-order valence-electron chi connectivity index (χ3n) is 5.25. The van der Waals surface area contributed by atoms with Gasteiger partial charge in [0, 0.05) is 31.1 Å². The van der Waals surface area contributed by atoms with Gasteiger partial charge in [0.25, 0.3) is 0 Å². The lowest BCUT2D eigenvalue weighted by atomic mass is 10.2. The lowest BCUT2D eigenvalue weighted by Crippen LogP contribution is -2.37. The Morgan fingerprint density at radius 3 is 2.74 bits per heavy atom. The molecule has 2 aromatic carbocycles. The second kappa shape index (κ2) is 9.64. The summed E-state index contributed by atoms with van der Waals surface area (Å²) in [5, 5.41) is 9.22. The largest absolute Gasteiger partial charge is 0.493 e. The molecule has 1 N–H and O–H groups in total. The molecule has 31 heavy (non-hydrogen) atoms. The number of nitrogens with one attached hydrogen (secondary N) is 1. The highest BCUT2D eigenvalue weighted by Crippen LogP contribution is 2.30. The normalized spacial score (nSPS) is 14.7. The highest BCUT2D eigenvalue weighted by molar-refractivity contribution is 6.30. The summed E-state index contributed by atoms with van der Waals surface area (Å²) in [5.41, 5.74) is 1.34. The number of nitrogens with zero attached hydrogens (tertiary/aromatic N) is 3. The minimum absolute atomic E-state index is 0.0106. The fourth-order valence-electron chi connectivity index (χ4n) is 3.55. The van der Waals surface area contributed by atoms with Gasteiger partial charge in [-0.15, -0.1) is 0 Å². The van der Waals surface area contributed by atoms with Gasteiger partial charge >= 0.3 is 0 Å². The number of rotatable bonds is 7. The Bertz CT molecular complexity index is 1130. The van der Waals surface area contributed by atoms with Crippen LogP contribution in [0.3, 0.4) is 0 Å². The quantitative estimate of drug-likeness (QED) is 0.563. The maximum atomic E-state index is 13.5. The Labute approximate surface area is 184 Å². The molecule has 0 bridgehead atoms. The van der Waals surface area contributed by atoms with Crippen LogP contribution in [0.2, 0.25) is 5.02 Å². The number of ether oxygens (including phenoxy) is 3. The number of halogens is 2. The number of hydrogen-bond acceptors (Lipinski definition) is 6. The fourth-order valence-corrected chi connectivity index (χ4v) is 3.73. The molecule has 0 saturated carbocycles. The Morgan fingerprint density at radius 1 is 1.19 bits per heavy atom. The second-order valence-electron chi connectivity index (χ2n) is 7.24. The van der Waals surface area contributed by atoms with Crippen molar-refractivity contribution < 1.29 is 18.6 Å². The zero-order valence-electron chi connectivity index (χ0n) is 17.2. The SMILES string of the molecule is COc1cc2ncn(-c3ccc(F)c(Cl)c3)c(=N)c2cc1OCCCN1CCOCC1. The van der Waals surface area contributed by atoms with E-state index in [2.05, 4.69) is 9.88 Å². The first-order valence-electron chi connectivity index (χ1n) is 10.1. The summed E-state index contributed by atoms with van der Waals surface area (Å²) >= 11 is 5.91. The number of hydrogen-bond donors (Lipinski definition) is 1. The first-order chi connectivity index (χ1) is 15.1. The van der Waals surface area contributed by atoms with E-state index in [0.717, 1.165) is 39.3 Å². The topological polar surface area (TPSA) is 72.6 Å². The molecule has 1 fully saturated rings. The molecule has 7 nitrogen and oxygen atoms in total. The Balaban J connectivity index is 1.57. The molecular weight excluding hydrogens is 423 g/mol. The Hall–Kier alpha value is -2.68. The van der Waals surface area contributed by atoms with Crippen molar-refractivity contribution in [3.63, 3.8) is 0 Å². The summed E-state index contributed by atoms with van der Waals surface area (Å²) in [6.45, 7) is 4.91. The molecule has 9 heteroatoms. The van der Waals surface area contributed by atoms with Crippen molar-refractivity contribution in [3.8, 4) is 17.2 Å². The summed E-state index contributed by atoms with van der Waals surface area (Å²) in [7, 11) is 1.58. The molecule has 1 aliphatic heterocycles. The van der Waals surface area contributed by atoms with Crippen molar-refractivity contribution >= 4 is 22.5 Å². The molecule has 0 spiro atoms. The van der Waals surface area contributed by atoms with Crippen LogP contribution in [0.4, 0.5) is 4.39 Å². The van der Waals surface area contributed by atoms with Gasteiger partial charge in [0.1, 0.15) is 17.6 Å². The number of benzene rings is 2. The molecular formula is C22H24ClFN4O3. The number of morpholine rings is 1. The molecule has 164 valence electrons. The smallest absolute Gasteiger partial charge is 0.162 e. The monoisotopic (exact) mass is 446 g/mol. The van der Waals surface area contributed by atoms with Crippen molar-refractivity contribution in [1.29, 1.82) is 5.41 Å². The fraction of sp³-hybridized carbons (Fsp3) is 0.364. The predicted molar refractivity (Wildman–Crippen MR) is 116 cm³/mol. The molecule has 0 radical (unpaired) electrons. The first kappa shape index (κ1) is 21.5. The lowest BCUT2D eigenvalue weighted by Gasteiger charge is -2.26. The van der Waals surface area contributed by atoms with E-state index < -0.39 is 5.82 Å². The number of aromatic nitrogens is 2. The van der Waals surface area contributed by atoms with Crippen LogP contribution in [-0.2, 0) is 4.74 Å². The Morgan fingerprint density at radius 2 is 2.00 bits per heavy atom. The highest BCUT2D eigenvalue weighted by atomic mass is 35.5. The number of methoxy groups -OCH3 is 1. The number of fused-ring (bicyclic) bond motifs is 1. The third-order valence-corrected chi connectivity index (χ3v) is 5.54. The van der Waals surface area contributed by atoms with Crippen LogP contribution in [-0.4, -0.2) is 61.0 Å². The minimum Gasteiger partial charge on any atom is -0.493 e. The van der Waals surface area contributed by atoms with Crippen LogP contribution < -0.4 is 15.0 Å². The zero-order valence-corrected chi connectivity index (χ0v) is 18.0. The first-order valence-corrected chi connectivity index (χ1v) is 10.5. The van der Waals surface area contributed by atoms with Gasteiger partial charge in [-0.2, -0.15) is 0 Å². The molecule has 3 aromatic rings. The highest BCUT2D eigenvalue weighted by Gasteiger charge is 2.13. The van der Waals surface area contributed by atoms with Gasteiger partial charge in [0.2, 0.25) is 0 Å². The molecule has 2 heterocycles. The summed E-state index contributed by atoms with van der Waals surface area (Å²) in [6.07, 6.45) is 2.38. The average Bonchev–Trinajstić information content (AvgIpc) is 2.79. The minimum atomic E-state index is -0.510. The molecule has 4 rings (SSSR count). The van der Waals surface area contributed by atoms with Crippen LogP contribution in [0, 0.1) is 11.2 Å².